The first-order chi connectivity index (χ1) is 8.34. The second-order valence-electron chi connectivity index (χ2n) is 5.48. The van der Waals surface area contributed by atoms with Gasteiger partial charge >= 0.3 is 0 Å². The molecule has 0 radical (unpaired) electrons. The zero-order valence-corrected chi connectivity index (χ0v) is 10.8. The van der Waals surface area contributed by atoms with E-state index in [4.69, 9.17) is 12.2 Å². The Hall–Kier alpha value is -2.01. The quantitative estimate of drug-likeness (QED) is 0.550. The Balaban J connectivity index is 3.02. The molecule has 0 aromatic heterocycles. The predicted octanol–water partition coefficient (Wildman–Crippen LogP) is 3.84. The van der Waals surface area contributed by atoms with Crippen molar-refractivity contribution in [3.8, 4) is 12.3 Å². The lowest BCUT2D eigenvalue weighted by atomic mass is 9.82. The van der Waals surface area contributed by atoms with Crippen LogP contribution in [0.4, 0.5) is 10.1 Å². The molecule has 2 N–H and O–H groups in total. The van der Waals surface area contributed by atoms with Crippen molar-refractivity contribution >= 4 is 16.5 Å². The summed E-state index contributed by atoms with van der Waals surface area (Å²) in [5, 5.41) is 1.67. The normalized spacial score (nSPS) is 11.5. The van der Waals surface area contributed by atoms with Gasteiger partial charge in [0.25, 0.3) is 0 Å². The van der Waals surface area contributed by atoms with E-state index < -0.39 is 0 Å². The number of fused-ring (bicyclic) bond motifs is 1. The van der Waals surface area contributed by atoms with Crippen LogP contribution in [-0.4, -0.2) is 0 Å². The summed E-state index contributed by atoms with van der Waals surface area (Å²) in [6.45, 7) is 6.19. The summed E-state index contributed by atoms with van der Waals surface area (Å²) in [5.74, 6) is 2.09. The average molecular weight is 241 g/mol. The number of terminal acetylenes is 1. The SMILES string of the molecule is C#Cc1c(F)ccc2cc(N)cc(C(C)(C)C)c12. The lowest BCUT2D eigenvalue weighted by Crippen LogP contribution is -2.13. The first-order valence-electron chi connectivity index (χ1n) is 5.83. The maximum Gasteiger partial charge on any atom is 0.139 e. The highest BCUT2D eigenvalue weighted by Crippen LogP contribution is 2.34. The number of nitrogen functional groups attached to an aromatic ring is 1. The van der Waals surface area contributed by atoms with E-state index in [-0.39, 0.29) is 11.2 Å². The van der Waals surface area contributed by atoms with Crippen molar-refractivity contribution < 1.29 is 4.39 Å². The summed E-state index contributed by atoms with van der Waals surface area (Å²) in [5.41, 5.74) is 7.72. The maximum absolute atomic E-state index is 13.8. The van der Waals surface area contributed by atoms with Crippen molar-refractivity contribution in [2.75, 3.05) is 5.73 Å². The molecule has 0 aliphatic heterocycles. The van der Waals surface area contributed by atoms with Crippen LogP contribution in [0.25, 0.3) is 10.8 Å². The van der Waals surface area contributed by atoms with Crippen molar-refractivity contribution in [3.63, 3.8) is 0 Å². The zero-order chi connectivity index (χ0) is 13.5. The van der Waals surface area contributed by atoms with Crippen LogP contribution in [0.3, 0.4) is 0 Å². The fourth-order valence-corrected chi connectivity index (χ4v) is 2.20. The molecule has 0 saturated heterocycles. The third-order valence-corrected chi connectivity index (χ3v) is 3.04. The summed E-state index contributed by atoms with van der Waals surface area (Å²) >= 11 is 0. The molecule has 2 aromatic carbocycles. The van der Waals surface area contributed by atoms with Gasteiger partial charge in [-0.3, -0.25) is 0 Å². The van der Waals surface area contributed by atoms with Gasteiger partial charge in [0.05, 0.1) is 5.56 Å². The molecular formula is C16H16FN. The summed E-state index contributed by atoms with van der Waals surface area (Å²) < 4.78 is 13.8. The van der Waals surface area contributed by atoms with E-state index >= 15 is 0 Å². The summed E-state index contributed by atoms with van der Waals surface area (Å²) in [6.07, 6.45) is 5.45. The molecule has 0 aliphatic carbocycles. The van der Waals surface area contributed by atoms with Crippen LogP contribution in [0.2, 0.25) is 0 Å². The van der Waals surface area contributed by atoms with Crippen molar-refractivity contribution in [1.29, 1.82) is 0 Å². The monoisotopic (exact) mass is 241 g/mol. The second kappa shape index (κ2) is 4.03. The van der Waals surface area contributed by atoms with E-state index in [1.165, 1.54) is 6.07 Å². The molecule has 2 aromatic rings. The molecule has 0 unspecified atom stereocenters. The maximum atomic E-state index is 13.8. The zero-order valence-electron chi connectivity index (χ0n) is 10.8. The van der Waals surface area contributed by atoms with Gasteiger partial charge in [-0.15, -0.1) is 6.42 Å². The minimum Gasteiger partial charge on any atom is -0.399 e. The Bertz CT molecular complexity index is 657. The highest BCUT2D eigenvalue weighted by atomic mass is 19.1. The van der Waals surface area contributed by atoms with Crippen LogP contribution in [0.1, 0.15) is 31.9 Å². The van der Waals surface area contributed by atoms with E-state index in [1.807, 2.05) is 12.1 Å². The highest BCUT2D eigenvalue weighted by molar-refractivity contribution is 5.94. The second-order valence-corrected chi connectivity index (χ2v) is 5.48. The van der Waals surface area contributed by atoms with Gasteiger partial charge in [-0.05, 0) is 34.6 Å². The van der Waals surface area contributed by atoms with Crippen molar-refractivity contribution in [2.24, 2.45) is 0 Å². The predicted molar refractivity (Wildman–Crippen MR) is 75.0 cm³/mol. The van der Waals surface area contributed by atoms with Gasteiger partial charge in [0.2, 0.25) is 0 Å². The first-order valence-corrected chi connectivity index (χ1v) is 5.83. The number of nitrogens with two attached hydrogens (primary N) is 1. The Morgan fingerprint density at radius 1 is 1.22 bits per heavy atom. The van der Waals surface area contributed by atoms with Gasteiger partial charge in [-0.1, -0.05) is 32.8 Å². The minimum atomic E-state index is -0.361. The molecule has 92 valence electrons. The minimum absolute atomic E-state index is 0.146. The molecule has 2 heteroatoms. The van der Waals surface area contributed by atoms with E-state index in [1.54, 1.807) is 6.07 Å². The van der Waals surface area contributed by atoms with Crippen LogP contribution < -0.4 is 5.73 Å². The number of hydrogen-bond acceptors (Lipinski definition) is 1. The summed E-state index contributed by atoms with van der Waals surface area (Å²) in [4.78, 5) is 0. The molecule has 0 bridgehead atoms. The van der Waals surface area contributed by atoms with Gasteiger partial charge in [0, 0.05) is 11.1 Å². The fraction of sp³-hybridized carbons (Fsp3) is 0.250. The Kier molecular flexibility index (Phi) is 2.78. The van der Waals surface area contributed by atoms with E-state index in [2.05, 4.69) is 26.7 Å². The number of rotatable bonds is 0. The molecule has 0 atom stereocenters. The lowest BCUT2D eigenvalue weighted by Gasteiger charge is -2.23. The van der Waals surface area contributed by atoms with E-state index in [0.717, 1.165) is 16.3 Å². The van der Waals surface area contributed by atoms with Crippen LogP contribution in [0.5, 0.6) is 0 Å². The van der Waals surface area contributed by atoms with Gasteiger partial charge in [-0.25, -0.2) is 4.39 Å². The van der Waals surface area contributed by atoms with Crippen LogP contribution in [0.15, 0.2) is 24.3 Å². The molecule has 0 spiro atoms. The fourth-order valence-electron chi connectivity index (χ4n) is 2.20. The molecule has 18 heavy (non-hydrogen) atoms. The smallest absolute Gasteiger partial charge is 0.139 e. The third-order valence-electron chi connectivity index (χ3n) is 3.04. The van der Waals surface area contributed by atoms with Crippen molar-refractivity contribution in [1.82, 2.24) is 0 Å². The molecular weight excluding hydrogens is 225 g/mol. The van der Waals surface area contributed by atoms with Gasteiger partial charge in [0.1, 0.15) is 5.82 Å². The van der Waals surface area contributed by atoms with E-state index in [0.29, 0.717) is 11.3 Å². The summed E-state index contributed by atoms with van der Waals surface area (Å²) in [6, 6.07) is 6.81. The number of benzene rings is 2. The summed E-state index contributed by atoms with van der Waals surface area (Å²) in [7, 11) is 0. The first kappa shape index (κ1) is 12.4. The van der Waals surface area contributed by atoms with Crippen molar-refractivity contribution in [3.05, 3.63) is 41.2 Å². The molecule has 0 aliphatic rings. The molecule has 0 saturated carbocycles. The van der Waals surface area contributed by atoms with Crippen LogP contribution in [-0.2, 0) is 5.41 Å². The van der Waals surface area contributed by atoms with Gasteiger partial charge < -0.3 is 5.73 Å². The van der Waals surface area contributed by atoms with Crippen LogP contribution >= 0.6 is 0 Å². The molecule has 0 amide bonds. The largest absolute Gasteiger partial charge is 0.399 e. The Labute approximate surface area is 107 Å². The van der Waals surface area contributed by atoms with Crippen LogP contribution in [0, 0.1) is 18.2 Å². The molecule has 0 heterocycles. The topological polar surface area (TPSA) is 26.0 Å². The number of halogens is 1. The Morgan fingerprint density at radius 3 is 2.44 bits per heavy atom. The number of hydrogen-bond donors (Lipinski definition) is 1. The lowest BCUT2D eigenvalue weighted by molar-refractivity contribution is 0.594. The van der Waals surface area contributed by atoms with Gasteiger partial charge in [-0.2, -0.15) is 0 Å². The standard InChI is InChI=1S/C16H16FN/c1-5-12-14(17)7-6-10-8-11(18)9-13(15(10)12)16(2,3)4/h1,6-9H,18H2,2-4H3. The van der Waals surface area contributed by atoms with Gasteiger partial charge in [0.15, 0.2) is 0 Å². The molecule has 0 fully saturated rings. The molecule has 2 rings (SSSR count). The Morgan fingerprint density at radius 2 is 1.89 bits per heavy atom. The third kappa shape index (κ3) is 1.93. The number of anilines is 1. The van der Waals surface area contributed by atoms with Crippen molar-refractivity contribution in [2.45, 2.75) is 26.2 Å². The average Bonchev–Trinajstić information content (AvgIpc) is 2.27. The highest BCUT2D eigenvalue weighted by Gasteiger charge is 2.20. The van der Waals surface area contributed by atoms with E-state index in [9.17, 15) is 4.39 Å². The molecule has 1 nitrogen and oxygen atoms in total.